The zero-order chi connectivity index (χ0) is 23.3. The Morgan fingerprint density at radius 3 is 2.36 bits per heavy atom. The van der Waals surface area contributed by atoms with Crippen molar-refractivity contribution in [3.8, 4) is 5.75 Å². The lowest BCUT2D eigenvalue weighted by Gasteiger charge is -2.15. The molecule has 0 aliphatic rings. The number of benzene rings is 4. The minimum Gasteiger partial charge on any atom is -0.488 e. The van der Waals surface area contributed by atoms with Crippen LogP contribution >= 0.6 is 0 Å². The van der Waals surface area contributed by atoms with Gasteiger partial charge in [-0.2, -0.15) is 0 Å². The van der Waals surface area contributed by atoms with E-state index in [1.54, 1.807) is 30.3 Å². The molecule has 0 saturated carbocycles. The van der Waals surface area contributed by atoms with E-state index < -0.39 is 10.0 Å². The fourth-order valence-electron chi connectivity index (χ4n) is 3.70. The molecule has 0 fully saturated rings. The average Bonchev–Trinajstić information content (AvgIpc) is 2.81. The lowest BCUT2D eigenvalue weighted by molar-refractivity contribution is 0.296. The molecule has 7 heteroatoms. The molecule has 4 rings (SSSR count). The molecule has 170 valence electrons. The summed E-state index contributed by atoms with van der Waals surface area (Å²) in [7, 11) is -3.69. The molecule has 0 saturated heterocycles. The number of halogens is 1. The van der Waals surface area contributed by atoms with Gasteiger partial charge in [0.1, 0.15) is 18.2 Å². The van der Waals surface area contributed by atoms with Gasteiger partial charge < -0.3 is 10.1 Å². The molecule has 0 bridgehead atoms. The van der Waals surface area contributed by atoms with E-state index >= 15 is 0 Å². The lowest BCUT2D eigenvalue weighted by Crippen LogP contribution is -2.18. The number of nitrogens with one attached hydrogen (secondary N) is 1. The van der Waals surface area contributed by atoms with Crippen LogP contribution in [0.1, 0.15) is 16.7 Å². The Hall–Kier alpha value is -3.26. The maximum atomic E-state index is 14.0. The quantitative estimate of drug-likeness (QED) is 0.357. The van der Waals surface area contributed by atoms with Crippen molar-refractivity contribution in [2.45, 2.75) is 24.5 Å². The van der Waals surface area contributed by atoms with Gasteiger partial charge in [0.15, 0.2) is 0 Å². The largest absolute Gasteiger partial charge is 0.488 e. The van der Waals surface area contributed by atoms with Gasteiger partial charge in [-0.15, -0.1) is 0 Å². The van der Waals surface area contributed by atoms with E-state index in [0.29, 0.717) is 24.4 Å². The predicted octanol–water partition coefficient (Wildman–Crippen LogP) is 4.54. The first-order valence-corrected chi connectivity index (χ1v) is 12.2. The van der Waals surface area contributed by atoms with Gasteiger partial charge in [-0.1, -0.05) is 60.7 Å². The smallest absolute Gasteiger partial charge is 0.238 e. The minimum absolute atomic E-state index is 0.103. The van der Waals surface area contributed by atoms with Crippen molar-refractivity contribution in [3.05, 3.63) is 107 Å². The normalized spacial score (nSPS) is 11.6. The summed E-state index contributed by atoms with van der Waals surface area (Å²) in [5.74, 6) is 0.424. The van der Waals surface area contributed by atoms with Crippen molar-refractivity contribution in [2.24, 2.45) is 5.14 Å². The van der Waals surface area contributed by atoms with Crippen molar-refractivity contribution in [3.63, 3.8) is 0 Å². The summed E-state index contributed by atoms with van der Waals surface area (Å²) in [6.45, 7) is 1.41. The van der Waals surface area contributed by atoms with Gasteiger partial charge in [0.05, 0.1) is 4.90 Å². The van der Waals surface area contributed by atoms with Crippen LogP contribution in [0.15, 0.2) is 89.8 Å². The third-order valence-corrected chi connectivity index (χ3v) is 6.41. The molecule has 5 nitrogen and oxygen atoms in total. The maximum absolute atomic E-state index is 14.0. The fraction of sp³-hybridized carbons (Fsp3) is 0.154. The number of rotatable bonds is 9. The van der Waals surface area contributed by atoms with Crippen molar-refractivity contribution in [1.29, 1.82) is 0 Å². The second-order valence-corrected chi connectivity index (χ2v) is 9.32. The zero-order valence-electron chi connectivity index (χ0n) is 18.0. The molecule has 4 aromatic carbocycles. The first-order chi connectivity index (χ1) is 15.9. The van der Waals surface area contributed by atoms with Crippen LogP contribution in [0.4, 0.5) is 4.39 Å². The molecule has 0 radical (unpaired) electrons. The molecule has 0 amide bonds. The second kappa shape index (κ2) is 10.1. The molecule has 33 heavy (non-hydrogen) atoms. The van der Waals surface area contributed by atoms with Gasteiger partial charge >= 0.3 is 0 Å². The van der Waals surface area contributed by atoms with Crippen molar-refractivity contribution >= 4 is 20.8 Å². The van der Waals surface area contributed by atoms with Crippen LogP contribution in [0.5, 0.6) is 5.75 Å². The van der Waals surface area contributed by atoms with Crippen LogP contribution in [0.3, 0.4) is 0 Å². The van der Waals surface area contributed by atoms with Crippen LogP contribution in [0.25, 0.3) is 10.8 Å². The highest BCUT2D eigenvalue weighted by Crippen LogP contribution is 2.29. The molecule has 0 aliphatic carbocycles. The fourth-order valence-corrected chi connectivity index (χ4v) is 4.21. The highest BCUT2D eigenvalue weighted by atomic mass is 32.2. The number of ether oxygens (including phenoxy) is 1. The summed E-state index contributed by atoms with van der Waals surface area (Å²) in [5, 5.41) is 10.8. The Bertz CT molecular complexity index is 1360. The Balaban J connectivity index is 1.45. The van der Waals surface area contributed by atoms with Crippen LogP contribution in [-0.2, 0) is 29.6 Å². The second-order valence-electron chi connectivity index (χ2n) is 7.76. The van der Waals surface area contributed by atoms with Gasteiger partial charge in [0, 0.05) is 17.7 Å². The summed E-state index contributed by atoms with van der Waals surface area (Å²) in [6.07, 6.45) is 0.723. The Morgan fingerprint density at radius 1 is 0.879 bits per heavy atom. The standard InChI is InChI=1S/C26H25FN2O3S/c27-25-8-4-2-6-21(25)18-32-26-14-11-20-5-1-3-7-23(20)24(26)17-29-16-15-19-9-12-22(13-10-19)33(28,30)31/h1-14,29H,15-18H2,(H2,28,30,31). The molecule has 0 heterocycles. The first-order valence-electron chi connectivity index (χ1n) is 10.6. The summed E-state index contributed by atoms with van der Waals surface area (Å²) in [6, 6.07) is 25.2. The molecular weight excluding hydrogens is 439 g/mol. The maximum Gasteiger partial charge on any atom is 0.238 e. The van der Waals surface area contributed by atoms with E-state index in [2.05, 4.69) is 5.32 Å². The van der Waals surface area contributed by atoms with Gasteiger partial charge in [-0.3, -0.25) is 0 Å². The Morgan fingerprint density at radius 2 is 1.61 bits per heavy atom. The van der Waals surface area contributed by atoms with E-state index in [1.807, 2.05) is 36.4 Å². The number of hydrogen-bond acceptors (Lipinski definition) is 4. The van der Waals surface area contributed by atoms with E-state index in [1.165, 1.54) is 18.2 Å². The monoisotopic (exact) mass is 464 g/mol. The van der Waals surface area contributed by atoms with Gasteiger partial charge in [-0.25, -0.2) is 17.9 Å². The molecular formula is C26H25FN2O3S. The van der Waals surface area contributed by atoms with Crippen molar-refractivity contribution < 1.29 is 17.5 Å². The zero-order valence-corrected chi connectivity index (χ0v) is 18.8. The van der Waals surface area contributed by atoms with Crippen LogP contribution in [0.2, 0.25) is 0 Å². The molecule has 0 unspecified atom stereocenters. The summed E-state index contributed by atoms with van der Waals surface area (Å²) < 4.78 is 42.8. The van der Waals surface area contributed by atoms with E-state index in [9.17, 15) is 12.8 Å². The third kappa shape index (κ3) is 5.76. The van der Waals surface area contributed by atoms with E-state index in [-0.39, 0.29) is 17.3 Å². The van der Waals surface area contributed by atoms with Gasteiger partial charge in [0.25, 0.3) is 0 Å². The molecule has 0 aromatic heterocycles. The van der Waals surface area contributed by atoms with Gasteiger partial charge in [-0.05, 0) is 53.6 Å². The van der Waals surface area contributed by atoms with Crippen LogP contribution in [-0.4, -0.2) is 15.0 Å². The number of sulfonamides is 1. The number of primary sulfonamides is 1. The average molecular weight is 465 g/mol. The number of fused-ring (bicyclic) bond motifs is 1. The summed E-state index contributed by atoms with van der Waals surface area (Å²) in [4.78, 5) is 0.103. The van der Waals surface area contributed by atoms with Crippen LogP contribution < -0.4 is 15.2 Å². The Labute approximate surface area is 193 Å². The molecule has 0 spiro atoms. The SMILES string of the molecule is NS(=O)(=O)c1ccc(CCNCc2c(OCc3ccccc3F)ccc3ccccc23)cc1. The molecule has 0 atom stereocenters. The highest BCUT2D eigenvalue weighted by Gasteiger charge is 2.11. The van der Waals surface area contributed by atoms with Crippen molar-refractivity contribution in [1.82, 2.24) is 5.32 Å². The number of hydrogen-bond donors (Lipinski definition) is 2. The Kier molecular flexibility index (Phi) is 7.03. The summed E-state index contributed by atoms with van der Waals surface area (Å²) >= 11 is 0. The van der Waals surface area contributed by atoms with E-state index in [4.69, 9.17) is 9.88 Å². The van der Waals surface area contributed by atoms with Gasteiger partial charge in [0.2, 0.25) is 10.0 Å². The topological polar surface area (TPSA) is 81.4 Å². The molecule has 3 N–H and O–H groups in total. The lowest BCUT2D eigenvalue weighted by atomic mass is 10.0. The molecule has 0 aliphatic heterocycles. The van der Waals surface area contributed by atoms with E-state index in [0.717, 1.165) is 28.3 Å². The third-order valence-electron chi connectivity index (χ3n) is 5.48. The number of nitrogens with two attached hydrogens (primary N) is 1. The first kappa shape index (κ1) is 22.9. The molecule has 4 aromatic rings. The van der Waals surface area contributed by atoms with Crippen LogP contribution in [0, 0.1) is 5.82 Å². The highest BCUT2D eigenvalue weighted by molar-refractivity contribution is 7.89. The van der Waals surface area contributed by atoms with Crippen molar-refractivity contribution in [2.75, 3.05) is 6.54 Å². The predicted molar refractivity (Wildman–Crippen MR) is 128 cm³/mol. The summed E-state index contributed by atoms with van der Waals surface area (Å²) in [5.41, 5.74) is 2.52. The minimum atomic E-state index is -3.69.